The fraction of sp³-hybridized carbons (Fsp3) is 0.517. The van der Waals surface area contributed by atoms with Crippen LogP contribution in [-0.2, 0) is 22.7 Å². The SMILES string of the molecule is CCCCCN(CCCCC)CCCc1cc(O)ccc1S(=O)(=O)c1c(CC)cn2ccccc12.Cl. The highest BCUT2D eigenvalue weighted by atomic mass is 35.5. The summed E-state index contributed by atoms with van der Waals surface area (Å²) in [5, 5.41) is 10.2. The third kappa shape index (κ3) is 7.50. The third-order valence-electron chi connectivity index (χ3n) is 6.77. The predicted molar refractivity (Wildman–Crippen MR) is 151 cm³/mol. The van der Waals surface area contributed by atoms with Gasteiger partial charge < -0.3 is 14.4 Å². The number of sulfone groups is 1. The number of phenols is 1. The summed E-state index contributed by atoms with van der Waals surface area (Å²) in [6, 6.07) is 10.3. The molecule has 3 aromatic rings. The van der Waals surface area contributed by atoms with Gasteiger partial charge in [0.25, 0.3) is 0 Å². The number of aromatic hydroxyl groups is 1. The molecule has 0 saturated carbocycles. The molecule has 5 nitrogen and oxygen atoms in total. The van der Waals surface area contributed by atoms with Crippen molar-refractivity contribution in [1.29, 1.82) is 0 Å². The van der Waals surface area contributed by atoms with Crippen LogP contribution >= 0.6 is 12.4 Å². The maximum atomic E-state index is 14.0. The monoisotopic (exact) mass is 534 g/mol. The zero-order valence-electron chi connectivity index (χ0n) is 22.1. The third-order valence-corrected chi connectivity index (χ3v) is 8.75. The molecule has 0 spiro atoms. The normalized spacial score (nSPS) is 11.8. The Morgan fingerprint density at radius 1 is 0.861 bits per heavy atom. The van der Waals surface area contributed by atoms with E-state index < -0.39 is 9.84 Å². The molecule has 0 radical (unpaired) electrons. The smallest absolute Gasteiger partial charge is 0.209 e. The van der Waals surface area contributed by atoms with Gasteiger partial charge in [-0.15, -0.1) is 12.4 Å². The van der Waals surface area contributed by atoms with Crippen LogP contribution < -0.4 is 0 Å². The standard InChI is InChI=1S/C29H42N2O3S.ClH/c1-4-7-10-18-30(19-11-8-5-2)20-13-14-25-22-26(32)16-17-28(25)35(33,34)29-24(6-3)23-31-21-12-9-15-27(29)31;/h9,12,15-17,21-23,32H,4-8,10-11,13-14,18-20H2,1-3H3;1H. The molecule has 1 aromatic carbocycles. The van der Waals surface area contributed by atoms with Gasteiger partial charge in [0.15, 0.2) is 0 Å². The van der Waals surface area contributed by atoms with Crippen LogP contribution in [0.5, 0.6) is 5.75 Å². The van der Waals surface area contributed by atoms with E-state index in [0.29, 0.717) is 33.7 Å². The highest BCUT2D eigenvalue weighted by molar-refractivity contribution is 7.91. The van der Waals surface area contributed by atoms with Gasteiger partial charge in [-0.1, -0.05) is 52.5 Å². The zero-order valence-corrected chi connectivity index (χ0v) is 23.7. The summed E-state index contributed by atoms with van der Waals surface area (Å²) in [4.78, 5) is 3.22. The minimum Gasteiger partial charge on any atom is -0.508 e. The first-order valence-electron chi connectivity index (χ1n) is 13.3. The van der Waals surface area contributed by atoms with Crippen LogP contribution in [0, 0.1) is 0 Å². The van der Waals surface area contributed by atoms with Gasteiger partial charge in [-0.25, -0.2) is 8.42 Å². The molecule has 0 unspecified atom stereocenters. The Labute approximate surface area is 223 Å². The molecule has 0 bridgehead atoms. The minimum atomic E-state index is -3.74. The molecule has 3 rings (SSSR count). The average Bonchev–Trinajstić information content (AvgIpc) is 3.23. The Morgan fingerprint density at radius 2 is 1.53 bits per heavy atom. The number of phenolic OH excluding ortho intramolecular Hbond substituents is 1. The molecule has 2 heterocycles. The lowest BCUT2D eigenvalue weighted by molar-refractivity contribution is 0.259. The van der Waals surface area contributed by atoms with Gasteiger partial charge in [-0.2, -0.15) is 0 Å². The van der Waals surface area contributed by atoms with Crippen molar-refractivity contribution in [3.63, 3.8) is 0 Å². The van der Waals surface area contributed by atoms with Gasteiger partial charge in [0, 0.05) is 12.4 Å². The lowest BCUT2D eigenvalue weighted by Crippen LogP contribution is -2.27. The second kappa shape index (κ2) is 14.7. The van der Waals surface area contributed by atoms with E-state index in [2.05, 4.69) is 18.7 Å². The topological polar surface area (TPSA) is 62.0 Å². The van der Waals surface area contributed by atoms with Gasteiger partial charge in [-0.3, -0.25) is 0 Å². The van der Waals surface area contributed by atoms with Crippen molar-refractivity contribution in [1.82, 2.24) is 9.30 Å². The van der Waals surface area contributed by atoms with Crippen LogP contribution in [0.25, 0.3) is 5.52 Å². The summed E-state index contributed by atoms with van der Waals surface area (Å²) in [5.41, 5.74) is 2.21. The number of aryl methyl sites for hydroxylation is 2. The number of nitrogens with zero attached hydrogens (tertiary/aromatic N) is 2. The summed E-state index contributed by atoms with van der Waals surface area (Å²) in [7, 11) is -3.74. The summed E-state index contributed by atoms with van der Waals surface area (Å²) < 4.78 is 29.8. The number of rotatable bonds is 15. The fourth-order valence-corrected chi connectivity index (χ4v) is 6.81. The van der Waals surface area contributed by atoms with Gasteiger partial charge in [0.1, 0.15) is 10.6 Å². The van der Waals surface area contributed by atoms with E-state index in [-0.39, 0.29) is 18.2 Å². The molecule has 1 N–H and O–H groups in total. The number of hydrogen-bond donors (Lipinski definition) is 1. The van der Waals surface area contributed by atoms with Crippen molar-refractivity contribution in [2.45, 2.75) is 88.3 Å². The molecule has 0 aliphatic heterocycles. The molecule has 0 fully saturated rings. The number of benzene rings is 1. The molecule has 0 amide bonds. The number of pyridine rings is 1. The quantitative estimate of drug-likeness (QED) is 0.212. The Hall–Kier alpha value is -2.02. The second-order valence-corrected chi connectivity index (χ2v) is 11.3. The van der Waals surface area contributed by atoms with E-state index in [0.717, 1.165) is 31.6 Å². The van der Waals surface area contributed by atoms with E-state index >= 15 is 0 Å². The summed E-state index contributed by atoms with van der Waals surface area (Å²) in [6.45, 7) is 9.57. The number of aromatic nitrogens is 1. The Balaban J connectivity index is 0.00000456. The van der Waals surface area contributed by atoms with Crippen LogP contribution in [0.2, 0.25) is 0 Å². The molecular formula is C29H43ClN2O3S. The summed E-state index contributed by atoms with van der Waals surface area (Å²) in [5.74, 6) is 0.110. The number of halogens is 1. The molecule has 200 valence electrons. The molecule has 36 heavy (non-hydrogen) atoms. The Bertz CT molecular complexity index is 1180. The van der Waals surface area contributed by atoms with E-state index in [4.69, 9.17) is 0 Å². The maximum absolute atomic E-state index is 14.0. The Morgan fingerprint density at radius 3 is 2.17 bits per heavy atom. The summed E-state index contributed by atoms with van der Waals surface area (Å²) >= 11 is 0. The highest BCUT2D eigenvalue weighted by Crippen LogP contribution is 2.33. The van der Waals surface area contributed by atoms with Crippen molar-refractivity contribution >= 4 is 27.8 Å². The molecule has 0 atom stereocenters. The van der Waals surface area contributed by atoms with E-state index in [1.54, 1.807) is 12.1 Å². The Kier molecular flexibility index (Phi) is 12.3. The van der Waals surface area contributed by atoms with Crippen molar-refractivity contribution in [2.24, 2.45) is 0 Å². The van der Waals surface area contributed by atoms with E-state index in [1.807, 2.05) is 41.9 Å². The lowest BCUT2D eigenvalue weighted by Gasteiger charge is -2.22. The number of hydrogen-bond acceptors (Lipinski definition) is 4. The molecule has 0 saturated heterocycles. The zero-order chi connectivity index (χ0) is 25.3. The van der Waals surface area contributed by atoms with Crippen LogP contribution in [0.1, 0.15) is 76.8 Å². The molecule has 7 heteroatoms. The van der Waals surface area contributed by atoms with Crippen molar-refractivity contribution in [3.8, 4) is 5.75 Å². The predicted octanol–water partition coefficient (Wildman–Crippen LogP) is 7.08. The second-order valence-electron chi connectivity index (χ2n) is 9.49. The molecular weight excluding hydrogens is 492 g/mol. The highest BCUT2D eigenvalue weighted by Gasteiger charge is 2.27. The van der Waals surface area contributed by atoms with Gasteiger partial charge >= 0.3 is 0 Å². The average molecular weight is 535 g/mol. The largest absolute Gasteiger partial charge is 0.508 e. The molecule has 0 aliphatic rings. The minimum absolute atomic E-state index is 0. The number of fused-ring (bicyclic) bond motifs is 1. The van der Waals surface area contributed by atoms with Crippen molar-refractivity contribution in [2.75, 3.05) is 19.6 Å². The maximum Gasteiger partial charge on any atom is 0.209 e. The lowest BCUT2D eigenvalue weighted by atomic mass is 10.1. The summed E-state index contributed by atoms with van der Waals surface area (Å²) in [6.07, 6.45) is 13.2. The van der Waals surface area contributed by atoms with Crippen LogP contribution in [0.15, 0.2) is 58.6 Å². The van der Waals surface area contributed by atoms with Gasteiger partial charge in [0.05, 0.1) is 10.4 Å². The van der Waals surface area contributed by atoms with Crippen LogP contribution in [0.3, 0.4) is 0 Å². The van der Waals surface area contributed by atoms with Crippen LogP contribution in [-0.4, -0.2) is 42.5 Å². The molecule has 2 aromatic heterocycles. The number of unbranched alkanes of at least 4 members (excludes halogenated alkanes) is 4. The first kappa shape index (κ1) is 30.2. The van der Waals surface area contributed by atoms with Gasteiger partial charge in [0.2, 0.25) is 9.84 Å². The van der Waals surface area contributed by atoms with Gasteiger partial charge in [-0.05, 0) is 93.2 Å². The van der Waals surface area contributed by atoms with E-state index in [9.17, 15) is 13.5 Å². The fourth-order valence-electron chi connectivity index (χ4n) is 4.85. The van der Waals surface area contributed by atoms with Crippen molar-refractivity contribution in [3.05, 3.63) is 59.9 Å². The van der Waals surface area contributed by atoms with Crippen LogP contribution in [0.4, 0.5) is 0 Å². The first-order chi connectivity index (χ1) is 16.9. The van der Waals surface area contributed by atoms with Crippen molar-refractivity contribution < 1.29 is 13.5 Å². The first-order valence-corrected chi connectivity index (χ1v) is 14.8. The molecule has 0 aliphatic carbocycles. The van der Waals surface area contributed by atoms with E-state index in [1.165, 1.54) is 44.6 Å².